The lowest BCUT2D eigenvalue weighted by Crippen LogP contribution is -2.09. The number of anilines is 1. The van der Waals surface area contributed by atoms with Crippen molar-refractivity contribution in [3.8, 4) is 11.5 Å². The quantitative estimate of drug-likeness (QED) is 0.600. The summed E-state index contributed by atoms with van der Waals surface area (Å²) < 4.78 is 15.5. The molecule has 0 aliphatic heterocycles. The zero-order chi connectivity index (χ0) is 17.9. The highest BCUT2D eigenvalue weighted by Gasteiger charge is 2.13. The van der Waals surface area contributed by atoms with E-state index in [0.717, 1.165) is 5.39 Å². The molecule has 6 nitrogen and oxygen atoms in total. The number of hydrogen-bond acceptors (Lipinski definition) is 5. The van der Waals surface area contributed by atoms with Crippen molar-refractivity contribution >= 4 is 16.9 Å². The zero-order valence-corrected chi connectivity index (χ0v) is 14.2. The molecule has 0 atom stereocenters. The molecular formula is C19H17FN6. The summed E-state index contributed by atoms with van der Waals surface area (Å²) in [5, 5.41) is 8.37. The van der Waals surface area contributed by atoms with E-state index < -0.39 is 0 Å². The summed E-state index contributed by atoms with van der Waals surface area (Å²) >= 11 is 0. The fraction of sp³-hybridized carbons (Fsp3) is 0.158. The van der Waals surface area contributed by atoms with Gasteiger partial charge in [0, 0.05) is 19.8 Å². The Labute approximate surface area is 149 Å². The molecule has 0 amide bonds. The Morgan fingerprint density at radius 1 is 1.08 bits per heavy atom. The van der Waals surface area contributed by atoms with E-state index in [1.165, 1.54) is 6.07 Å². The largest absolute Gasteiger partial charge is 0.369 e. The van der Waals surface area contributed by atoms with Gasteiger partial charge in [0.15, 0.2) is 11.5 Å². The number of nitrogens with one attached hydrogen (secondary N) is 1. The third kappa shape index (κ3) is 3.11. The van der Waals surface area contributed by atoms with Crippen molar-refractivity contribution in [1.82, 2.24) is 24.7 Å². The lowest BCUT2D eigenvalue weighted by atomic mass is 10.1. The van der Waals surface area contributed by atoms with Crippen molar-refractivity contribution in [2.45, 2.75) is 6.42 Å². The molecule has 0 fully saturated rings. The molecule has 3 aromatic heterocycles. The van der Waals surface area contributed by atoms with Crippen LogP contribution in [0.15, 0.2) is 54.9 Å². The predicted octanol–water partition coefficient (Wildman–Crippen LogP) is 3.22. The molecular weight excluding hydrogens is 331 g/mol. The number of fused-ring (bicyclic) bond motifs is 1. The second kappa shape index (κ2) is 6.87. The van der Waals surface area contributed by atoms with Gasteiger partial charge in [0.25, 0.3) is 0 Å². The van der Waals surface area contributed by atoms with Gasteiger partial charge in [-0.3, -0.25) is 9.67 Å². The Morgan fingerprint density at radius 3 is 2.73 bits per heavy atom. The minimum absolute atomic E-state index is 0.197. The lowest BCUT2D eigenvalue weighted by Gasteiger charge is -2.09. The Morgan fingerprint density at radius 2 is 1.92 bits per heavy atom. The summed E-state index contributed by atoms with van der Waals surface area (Å²) in [6, 6.07) is 12.4. The van der Waals surface area contributed by atoms with Crippen LogP contribution < -0.4 is 5.32 Å². The van der Waals surface area contributed by atoms with E-state index in [1.54, 1.807) is 29.2 Å². The normalized spacial score (nSPS) is 11.0. The molecule has 0 spiro atoms. The number of benzene rings is 1. The van der Waals surface area contributed by atoms with Gasteiger partial charge in [-0.05, 0) is 30.2 Å². The second-order valence-corrected chi connectivity index (χ2v) is 5.88. The van der Waals surface area contributed by atoms with Gasteiger partial charge in [0.05, 0.1) is 11.6 Å². The number of halogens is 1. The molecule has 0 aliphatic carbocycles. The van der Waals surface area contributed by atoms with Crippen LogP contribution in [0.1, 0.15) is 5.56 Å². The van der Waals surface area contributed by atoms with Gasteiger partial charge in [-0.1, -0.05) is 24.3 Å². The van der Waals surface area contributed by atoms with E-state index in [9.17, 15) is 4.39 Å². The summed E-state index contributed by atoms with van der Waals surface area (Å²) in [5.74, 6) is 0.993. The SMILES string of the molecule is Cn1ncc2c(NCCc3ccccc3F)nc(-c3ccccn3)nc21. The van der Waals surface area contributed by atoms with Crippen LogP contribution in [0.5, 0.6) is 0 Å². The van der Waals surface area contributed by atoms with E-state index >= 15 is 0 Å². The van der Waals surface area contributed by atoms with Crippen LogP contribution in [0.2, 0.25) is 0 Å². The second-order valence-electron chi connectivity index (χ2n) is 5.88. The predicted molar refractivity (Wildman–Crippen MR) is 98.1 cm³/mol. The standard InChI is InChI=1S/C19H17FN6/c1-26-19-14(12-23-26)17(22-11-9-13-6-2-3-7-15(13)20)24-18(25-19)16-8-4-5-10-21-16/h2-8,10,12H,9,11H2,1H3,(H,22,24,25). The Kier molecular flexibility index (Phi) is 4.27. The first-order valence-corrected chi connectivity index (χ1v) is 8.31. The van der Waals surface area contributed by atoms with Crippen molar-refractivity contribution in [3.63, 3.8) is 0 Å². The van der Waals surface area contributed by atoms with Crippen molar-refractivity contribution in [2.75, 3.05) is 11.9 Å². The highest BCUT2D eigenvalue weighted by molar-refractivity contribution is 5.87. The van der Waals surface area contributed by atoms with Crippen LogP contribution in [0, 0.1) is 5.82 Å². The minimum Gasteiger partial charge on any atom is -0.369 e. The fourth-order valence-corrected chi connectivity index (χ4v) is 2.78. The van der Waals surface area contributed by atoms with Crippen LogP contribution in [0.25, 0.3) is 22.6 Å². The summed E-state index contributed by atoms with van der Waals surface area (Å²) in [4.78, 5) is 13.5. The average molecular weight is 348 g/mol. The lowest BCUT2D eigenvalue weighted by molar-refractivity contribution is 0.610. The Bertz CT molecular complexity index is 1040. The van der Waals surface area contributed by atoms with Crippen molar-refractivity contribution in [1.29, 1.82) is 0 Å². The smallest absolute Gasteiger partial charge is 0.182 e. The van der Waals surface area contributed by atoms with E-state index in [0.29, 0.717) is 41.5 Å². The van der Waals surface area contributed by atoms with Crippen molar-refractivity contribution < 1.29 is 4.39 Å². The highest BCUT2D eigenvalue weighted by Crippen LogP contribution is 2.23. The third-order valence-corrected chi connectivity index (χ3v) is 4.13. The summed E-state index contributed by atoms with van der Waals surface area (Å²) in [7, 11) is 1.83. The van der Waals surface area contributed by atoms with Crippen molar-refractivity contribution in [2.24, 2.45) is 7.05 Å². The molecule has 3 heterocycles. The third-order valence-electron chi connectivity index (χ3n) is 4.13. The van der Waals surface area contributed by atoms with Gasteiger partial charge >= 0.3 is 0 Å². The van der Waals surface area contributed by atoms with Gasteiger partial charge < -0.3 is 5.32 Å². The highest BCUT2D eigenvalue weighted by atomic mass is 19.1. The summed E-state index contributed by atoms with van der Waals surface area (Å²) in [5.41, 5.74) is 2.07. The van der Waals surface area contributed by atoms with Gasteiger partial charge in [-0.2, -0.15) is 5.10 Å². The number of nitrogens with zero attached hydrogens (tertiary/aromatic N) is 5. The molecule has 0 aliphatic rings. The Balaban J connectivity index is 1.64. The molecule has 0 saturated heterocycles. The molecule has 0 saturated carbocycles. The molecule has 0 radical (unpaired) electrons. The van der Waals surface area contributed by atoms with Crippen molar-refractivity contribution in [3.05, 3.63) is 66.2 Å². The number of rotatable bonds is 5. The average Bonchev–Trinajstić information content (AvgIpc) is 3.05. The number of pyridine rings is 1. The first kappa shape index (κ1) is 16.1. The monoisotopic (exact) mass is 348 g/mol. The molecule has 130 valence electrons. The molecule has 4 rings (SSSR count). The van der Waals surface area contributed by atoms with Gasteiger partial charge in [0.1, 0.15) is 17.3 Å². The molecule has 7 heteroatoms. The maximum absolute atomic E-state index is 13.8. The van der Waals surface area contributed by atoms with Crippen LogP contribution in [-0.4, -0.2) is 31.3 Å². The summed E-state index contributed by atoms with van der Waals surface area (Å²) in [6.45, 7) is 0.545. The van der Waals surface area contributed by atoms with Crippen LogP contribution >= 0.6 is 0 Å². The molecule has 1 aromatic carbocycles. The Hall–Kier alpha value is -3.35. The molecule has 1 N–H and O–H groups in total. The first-order valence-electron chi connectivity index (χ1n) is 8.31. The van der Waals surface area contributed by atoms with Crippen LogP contribution in [0.4, 0.5) is 10.2 Å². The van der Waals surface area contributed by atoms with Gasteiger partial charge in [0.2, 0.25) is 0 Å². The number of aromatic nitrogens is 5. The maximum Gasteiger partial charge on any atom is 0.182 e. The molecule has 0 bridgehead atoms. The number of aryl methyl sites for hydroxylation is 1. The van der Waals surface area contributed by atoms with Crippen LogP contribution in [0.3, 0.4) is 0 Å². The van der Waals surface area contributed by atoms with E-state index in [4.69, 9.17) is 0 Å². The van der Waals surface area contributed by atoms with Crippen LogP contribution in [-0.2, 0) is 13.5 Å². The molecule has 4 aromatic rings. The maximum atomic E-state index is 13.8. The first-order chi connectivity index (χ1) is 12.7. The fourth-order valence-electron chi connectivity index (χ4n) is 2.78. The minimum atomic E-state index is -0.197. The molecule has 0 unspecified atom stereocenters. The number of hydrogen-bond donors (Lipinski definition) is 1. The topological polar surface area (TPSA) is 68.5 Å². The van der Waals surface area contributed by atoms with E-state index in [-0.39, 0.29) is 5.82 Å². The molecule has 26 heavy (non-hydrogen) atoms. The van der Waals surface area contributed by atoms with E-state index in [2.05, 4.69) is 25.4 Å². The van der Waals surface area contributed by atoms with E-state index in [1.807, 2.05) is 31.3 Å². The van der Waals surface area contributed by atoms with Gasteiger partial charge in [-0.15, -0.1) is 0 Å². The summed E-state index contributed by atoms with van der Waals surface area (Å²) in [6.07, 6.45) is 3.98. The zero-order valence-electron chi connectivity index (χ0n) is 14.2. The van der Waals surface area contributed by atoms with Gasteiger partial charge in [-0.25, -0.2) is 14.4 Å².